The first-order valence-electron chi connectivity index (χ1n) is 5.95. The van der Waals surface area contributed by atoms with Crippen molar-refractivity contribution in [3.8, 4) is 0 Å². The zero-order valence-corrected chi connectivity index (χ0v) is 9.20. The van der Waals surface area contributed by atoms with Crippen LogP contribution in [0.2, 0.25) is 0 Å². The molecule has 16 heavy (non-hydrogen) atoms. The monoisotopic (exact) mass is 216 g/mol. The van der Waals surface area contributed by atoms with E-state index in [0.29, 0.717) is 12.0 Å². The molecule has 3 nitrogen and oxygen atoms in total. The summed E-state index contributed by atoms with van der Waals surface area (Å²) in [6, 6.07) is 8.89. The SMILES string of the molecule is O=C(NCC1Cc2ccccc21)NC1CC1. The van der Waals surface area contributed by atoms with Crippen molar-refractivity contribution >= 4 is 6.03 Å². The fraction of sp³-hybridized carbons (Fsp3) is 0.462. The van der Waals surface area contributed by atoms with Gasteiger partial charge >= 0.3 is 6.03 Å². The third kappa shape index (κ3) is 1.90. The topological polar surface area (TPSA) is 41.1 Å². The lowest BCUT2D eigenvalue weighted by molar-refractivity contribution is 0.239. The van der Waals surface area contributed by atoms with Crippen molar-refractivity contribution in [2.24, 2.45) is 0 Å². The highest BCUT2D eigenvalue weighted by Crippen LogP contribution is 2.33. The number of carbonyl (C=O) groups is 1. The molecule has 3 rings (SSSR count). The lowest BCUT2D eigenvalue weighted by Crippen LogP contribution is -2.40. The summed E-state index contributed by atoms with van der Waals surface area (Å²) in [5.41, 5.74) is 2.83. The third-order valence-corrected chi connectivity index (χ3v) is 3.38. The minimum absolute atomic E-state index is 0.00752. The molecule has 0 aliphatic heterocycles. The Balaban J connectivity index is 1.48. The van der Waals surface area contributed by atoms with E-state index in [1.807, 2.05) is 0 Å². The van der Waals surface area contributed by atoms with Gasteiger partial charge in [-0.25, -0.2) is 4.79 Å². The fourth-order valence-corrected chi connectivity index (χ4v) is 2.22. The van der Waals surface area contributed by atoms with Gasteiger partial charge in [-0.15, -0.1) is 0 Å². The van der Waals surface area contributed by atoms with E-state index in [1.165, 1.54) is 11.1 Å². The van der Waals surface area contributed by atoms with E-state index in [1.54, 1.807) is 0 Å². The maximum absolute atomic E-state index is 11.4. The number of hydrogen-bond donors (Lipinski definition) is 2. The number of urea groups is 1. The molecule has 0 aromatic heterocycles. The van der Waals surface area contributed by atoms with Gasteiger partial charge in [0, 0.05) is 18.5 Å². The Bertz CT molecular complexity index is 412. The molecule has 0 bridgehead atoms. The molecule has 1 fully saturated rings. The van der Waals surface area contributed by atoms with Crippen molar-refractivity contribution in [1.82, 2.24) is 10.6 Å². The predicted molar refractivity (Wildman–Crippen MR) is 62.4 cm³/mol. The van der Waals surface area contributed by atoms with E-state index in [2.05, 4.69) is 34.9 Å². The maximum Gasteiger partial charge on any atom is 0.315 e. The quantitative estimate of drug-likeness (QED) is 0.794. The van der Waals surface area contributed by atoms with Crippen LogP contribution in [0.25, 0.3) is 0 Å². The lowest BCUT2D eigenvalue weighted by atomic mass is 9.78. The molecule has 0 heterocycles. The highest BCUT2D eigenvalue weighted by Gasteiger charge is 2.27. The van der Waals surface area contributed by atoms with Gasteiger partial charge in [0.1, 0.15) is 0 Å². The smallest absolute Gasteiger partial charge is 0.315 e. The van der Waals surface area contributed by atoms with Crippen molar-refractivity contribution < 1.29 is 4.79 Å². The third-order valence-electron chi connectivity index (χ3n) is 3.38. The van der Waals surface area contributed by atoms with E-state index >= 15 is 0 Å². The van der Waals surface area contributed by atoms with Gasteiger partial charge in [-0.1, -0.05) is 24.3 Å². The van der Waals surface area contributed by atoms with Crippen LogP contribution in [0.5, 0.6) is 0 Å². The molecule has 1 atom stereocenters. The van der Waals surface area contributed by atoms with Crippen molar-refractivity contribution in [3.63, 3.8) is 0 Å². The molecule has 0 saturated heterocycles. The number of nitrogens with one attached hydrogen (secondary N) is 2. The minimum Gasteiger partial charge on any atom is -0.338 e. The average molecular weight is 216 g/mol. The summed E-state index contributed by atoms with van der Waals surface area (Å²) in [5.74, 6) is 0.515. The highest BCUT2D eigenvalue weighted by molar-refractivity contribution is 5.74. The Morgan fingerprint density at radius 2 is 2.12 bits per heavy atom. The van der Waals surface area contributed by atoms with Gasteiger partial charge in [-0.3, -0.25) is 0 Å². The number of hydrogen-bond acceptors (Lipinski definition) is 1. The summed E-state index contributed by atoms with van der Waals surface area (Å²) in [4.78, 5) is 11.4. The van der Waals surface area contributed by atoms with Crippen LogP contribution in [0.4, 0.5) is 4.79 Å². The Hall–Kier alpha value is -1.51. The van der Waals surface area contributed by atoms with Gasteiger partial charge in [-0.2, -0.15) is 0 Å². The Labute approximate surface area is 95.2 Å². The summed E-state index contributed by atoms with van der Waals surface area (Å²) in [5, 5.41) is 5.88. The molecule has 1 aromatic carbocycles. The minimum atomic E-state index is -0.00752. The molecule has 1 aromatic rings. The number of carbonyl (C=O) groups excluding carboxylic acids is 1. The molecule has 3 heteroatoms. The first kappa shape index (κ1) is 9.70. The predicted octanol–water partition coefficient (Wildman–Crippen LogP) is 1.79. The summed E-state index contributed by atoms with van der Waals surface area (Å²) in [7, 11) is 0. The molecular weight excluding hydrogens is 200 g/mol. The molecule has 2 N–H and O–H groups in total. The Morgan fingerprint density at radius 3 is 2.88 bits per heavy atom. The molecule has 2 aliphatic carbocycles. The average Bonchev–Trinajstić information content (AvgIpc) is 3.03. The second-order valence-corrected chi connectivity index (χ2v) is 4.73. The van der Waals surface area contributed by atoms with Crippen LogP contribution >= 0.6 is 0 Å². The second kappa shape index (κ2) is 3.81. The van der Waals surface area contributed by atoms with E-state index in [9.17, 15) is 4.79 Å². The zero-order chi connectivity index (χ0) is 11.0. The van der Waals surface area contributed by atoms with E-state index < -0.39 is 0 Å². The number of rotatable bonds is 3. The van der Waals surface area contributed by atoms with Gasteiger partial charge in [-0.05, 0) is 30.4 Å². The van der Waals surface area contributed by atoms with Crippen LogP contribution in [0, 0.1) is 0 Å². The summed E-state index contributed by atoms with van der Waals surface area (Å²) in [6.07, 6.45) is 3.37. The zero-order valence-electron chi connectivity index (χ0n) is 9.20. The van der Waals surface area contributed by atoms with Crippen molar-refractivity contribution in [1.29, 1.82) is 0 Å². The van der Waals surface area contributed by atoms with Gasteiger partial charge in [0.25, 0.3) is 0 Å². The number of fused-ring (bicyclic) bond motifs is 1. The number of benzene rings is 1. The van der Waals surface area contributed by atoms with Crippen LogP contribution in [0.1, 0.15) is 29.9 Å². The molecule has 0 spiro atoms. The maximum atomic E-state index is 11.4. The van der Waals surface area contributed by atoms with E-state index in [0.717, 1.165) is 25.8 Å². The lowest BCUT2D eigenvalue weighted by Gasteiger charge is -2.30. The largest absolute Gasteiger partial charge is 0.338 e. The molecule has 1 unspecified atom stereocenters. The molecular formula is C13H16N2O. The molecule has 1 saturated carbocycles. The van der Waals surface area contributed by atoms with E-state index in [4.69, 9.17) is 0 Å². The van der Waals surface area contributed by atoms with Gasteiger partial charge in [0.15, 0.2) is 0 Å². The van der Waals surface area contributed by atoms with E-state index in [-0.39, 0.29) is 6.03 Å². The number of amides is 2. The van der Waals surface area contributed by atoms with Crippen molar-refractivity contribution in [2.45, 2.75) is 31.2 Å². The highest BCUT2D eigenvalue weighted by atomic mass is 16.2. The standard InChI is InChI=1S/C13H16N2O/c16-13(15-11-5-6-11)14-8-10-7-9-3-1-2-4-12(9)10/h1-4,10-11H,5-8H2,(H2,14,15,16). The molecule has 2 aliphatic rings. The van der Waals surface area contributed by atoms with Crippen LogP contribution in [0.3, 0.4) is 0 Å². The second-order valence-electron chi connectivity index (χ2n) is 4.73. The van der Waals surface area contributed by atoms with Crippen molar-refractivity contribution in [2.75, 3.05) is 6.54 Å². The Morgan fingerprint density at radius 1 is 1.31 bits per heavy atom. The first-order chi connectivity index (χ1) is 7.83. The van der Waals surface area contributed by atoms with Crippen molar-refractivity contribution in [3.05, 3.63) is 35.4 Å². The first-order valence-corrected chi connectivity index (χ1v) is 5.95. The van der Waals surface area contributed by atoms with Crippen LogP contribution in [0.15, 0.2) is 24.3 Å². The fourth-order valence-electron chi connectivity index (χ4n) is 2.22. The van der Waals surface area contributed by atoms with Gasteiger partial charge in [0.2, 0.25) is 0 Å². The molecule has 84 valence electrons. The van der Waals surface area contributed by atoms with Gasteiger partial charge < -0.3 is 10.6 Å². The summed E-state index contributed by atoms with van der Waals surface area (Å²) >= 11 is 0. The molecule has 2 amide bonds. The van der Waals surface area contributed by atoms with Gasteiger partial charge in [0.05, 0.1) is 0 Å². The molecule has 0 radical (unpaired) electrons. The summed E-state index contributed by atoms with van der Waals surface area (Å²) in [6.45, 7) is 0.759. The van der Waals surface area contributed by atoms with Crippen LogP contribution < -0.4 is 10.6 Å². The normalized spacial score (nSPS) is 21.9. The summed E-state index contributed by atoms with van der Waals surface area (Å²) < 4.78 is 0. The Kier molecular flexibility index (Phi) is 2.31. The van der Waals surface area contributed by atoms with Crippen LogP contribution in [-0.2, 0) is 6.42 Å². The van der Waals surface area contributed by atoms with Crippen LogP contribution in [-0.4, -0.2) is 18.6 Å².